The fraction of sp³-hybridized carbons (Fsp3) is 0.452. The molecule has 3 heterocycles. The van der Waals surface area contributed by atoms with Crippen molar-refractivity contribution in [1.29, 1.82) is 5.26 Å². The number of carbonyl (C=O) groups excluding carboxylic acids is 4. The quantitative estimate of drug-likeness (QED) is 0.134. The zero-order valence-electron chi connectivity index (χ0n) is 33.6. The predicted octanol–water partition coefficient (Wildman–Crippen LogP) is 5.61. The van der Waals surface area contributed by atoms with Gasteiger partial charge in [0.15, 0.2) is 5.50 Å². The number of imide groups is 1. The molecule has 59 heavy (non-hydrogen) atoms. The molecule has 0 bridgehead atoms. The number of amides is 4. The summed E-state index contributed by atoms with van der Waals surface area (Å²) in [5.41, 5.74) is -0.954. The van der Waals surface area contributed by atoms with Crippen molar-refractivity contribution in [3.63, 3.8) is 0 Å². The first-order valence-electron chi connectivity index (χ1n) is 19.6. The number of aryl methyl sites for hydroxylation is 1. The molecule has 3 aliphatic rings. The van der Waals surface area contributed by atoms with Crippen LogP contribution in [0.15, 0.2) is 60.7 Å². The van der Waals surface area contributed by atoms with Crippen molar-refractivity contribution in [2.45, 2.75) is 89.2 Å². The number of hydrogen-bond acceptors (Lipinski definition) is 11. The van der Waals surface area contributed by atoms with E-state index in [2.05, 4.69) is 32.7 Å². The lowest BCUT2D eigenvalue weighted by atomic mass is 10.0. The molecule has 0 aliphatic carbocycles. The normalized spacial score (nSPS) is 21.8. The van der Waals surface area contributed by atoms with E-state index in [4.69, 9.17) is 17.4 Å². The van der Waals surface area contributed by atoms with Crippen molar-refractivity contribution >= 4 is 59.0 Å². The number of ether oxygens (including phenoxy) is 1. The molecule has 3 aliphatic heterocycles. The Balaban J connectivity index is 1.03. The Morgan fingerprint density at radius 3 is 2.47 bits per heavy atom. The Morgan fingerprint density at radius 2 is 1.80 bits per heavy atom. The van der Waals surface area contributed by atoms with Crippen molar-refractivity contribution in [2.24, 2.45) is 0 Å². The lowest BCUT2D eigenvalue weighted by molar-refractivity contribution is -0.138. The Morgan fingerprint density at radius 1 is 1.07 bits per heavy atom. The molecule has 6 rings (SSSR count). The molecule has 17 heteroatoms. The molecule has 13 nitrogen and oxygen atoms in total. The molecule has 3 saturated heterocycles. The van der Waals surface area contributed by atoms with E-state index in [0.29, 0.717) is 55.3 Å². The van der Waals surface area contributed by atoms with Crippen molar-refractivity contribution < 1.29 is 37.1 Å². The van der Waals surface area contributed by atoms with Gasteiger partial charge in [-0.25, -0.2) is 0 Å². The molecule has 4 atom stereocenters. The summed E-state index contributed by atoms with van der Waals surface area (Å²) in [5, 5.41) is 17.7. The van der Waals surface area contributed by atoms with Gasteiger partial charge in [0.2, 0.25) is 17.7 Å². The first kappa shape index (κ1) is 43.3. The molecule has 3 fully saturated rings. The van der Waals surface area contributed by atoms with Gasteiger partial charge in [-0.2, -0.15) is 18.4 Å². The first-order chi connectivity index (χ1) is 27.9. The zero-order chi connectivity index (χ0) is 42.8. The first-order valence-corrected chi connectivity index (χ1v) is 20.1. The van der Waals surface area contributed by atoms with Crippen molar-refractivity contribution in [3.8, 4) is 11.8 Å². The summed E-state index contributed by atoms with van der Waals surface area (Å²) in [4.78, 5) is 58.2. The number of nitrogens with zero attached hydrogens (tertiary/aromatic N) is 5. The lowest BCUT2D eigenvalue weighted by Crippen LogP contribution is -2.57. The number of benzene rings is 3. The maximum absolute atomic E-state index is 13.8. The Bertz CT molecular complexity index is 2140. The van der Waals surface area contributed by atoms with Crippen LogP contribution in [0.2, 0.25) is 0 Å². The minimum Gasteiger partial charge on any atom is -0.492 e. The van der Waals surface area contributed by atoms with Crippen LogP contribution in [0.25, 0.3) is 0 Å². The standard InChI is InChI=1S/C42H49F3N8O5S/c1-6-27-20-32(53-40(59)52(39(57)41(53,4)5)31-11-10-28(23-46)33(22-31)42(43,44)45)12-14-35(27)58-19-18-50-16-17-51(25(2)24-50)26(3)37(55)48-30-9-7-8-29(21-30)47-34-13-15-36(54)49-38(34)56/h7-12,14,20-22,25-26,34,40,47,59H,6,13,15-19,24H2,1-5H3,(H,48,55)(H,49,54,56)/t25-,26-,34-,40+/m0/s1. The number of piperazine rings is 1. The van der Waals surface area contributed by atoms with Crippen LogP contribution in [0.1, 0.15) is 64.2 Å². The number of anilines is 4. The molecule has 0 saturated carbocycles. The van der Waals surface area contributed by atoms with Gasteiger partial charge in [0.05, 0.1) is 23.2 Å². The van der Waals surface area contributed by atoms with E-state index in [1.807, 2.05) is 32.0 Å². The molecule has 314 valence electrons. The number of hydrogen-bond donors (Lipinski definition) is 4. The highest BCUT2D eigenvalue weighted by Crippen LogP contribution is 2.43. The summed E-state index contributed by atoms with van der Waals surface area (Å²) in [6.07, 6.45) is -3.50. The third kappa shape index (κ3) is 9.29. The number of piperidine rings is 1. The van der Waals surface area contributed by atoms with Crippen LogP contribution in [-0.2, 0) is 31.8 Å². The maximum atomic E-state index is 13.8. The van der Waals surface area contributed by atoms with Gasteiger partial charge in [0.1, 0.15) is 23.9 Å². The fourth-order valence-corrected chi connectivity index (χ4v) is 8.65. The highest BCUT2D eigenvalue weighted by Gasteiger charge is 2.52. The summed E-state index contributed by atoms with van der Waals surface area (Å²) in [6, 6.07) is 16.7. The molecule has 3 aromatic carbocycles. The molecule has 0 spiro atoms. The van der Waals surface area contributed by atoms with E-state index in [9.17, 15) is 37.6 Å². The van der Waals surface area contributed by atoms with Gasteiger partial charge in [-0.1, -0.05) is 13.0 Å². The van der Waals surface area contributed by atoms with Crippen molar-refractivity contribution in [1.82, 2.24) is 15.1 Å². The van der Waals surface area contributed by atoms with Gasteiger partial charge in [-0.3, -0.25) is 39.2 Å². The molecular formula is C42H49F3N8O5S. The number of rotatable bonds is 12. The van der Waals surface area contributed by atoms with E-state index in [-0.39, 0.29) is 35.9 Å². The number of nitriles is 1. The highest BCUT2D eigenvalue weighted by molar-refractivity contribution is 7.81. The second-order valence-electron chi connectivity index (χ2n) is 15.6. The van der Waals surface area contributed by atoms with Crippen LogP contribution in [0, 0.1) is 11.3 Å². The SMILES string of the molecule is CCc1cc(N2[C@H](S)N(c3ccc(C#N)c(C(F)(F)F)c3)C(=O)C2(C)C)ccc1OCCN1CCN([C@@H](C)C(=O)Nc2cccc(N[C@H]3CCC(=O)NC3=O)c2)[C@@H](C)C1. The fourth-order valence-electron chi connectivity index (χ4n) is 7.99. The number of halogens is 3. The van der Waals surface area contributed by atoms with E-state index < -0.39 is 46.3 Å². The second-order valence-corrected chi connectivity index (χ2v) is 16.0. The van der Waals surface area contributed by atoms with E-state index in [1.54, 1.807) is 49.1 Å². The van der Waals surface area contributed by atoms with Gasteiger partial charge in [0.25, 0.3) is 5.91 Å². The third-order valence-electron chi connectivity index (χ3n) is 11.2. The number of carbonyl (C=O) groups is 4. The predicted molar refractivity (Wildman–Crippen MR) is 221 cm³/mol. The smallest absolute Gasteiger partial charge is 0.417 e. The summed E-state index contributed by atoms with van der Waals surface area (Å²) in [6.45, 7) is 12.6. The van der Waals surface area contributed by atoms with Gasteiger partial charge >= 0.3 is 6.18 Å². The molecule has 0 radical (unpaired) electrons. The van der Waals surface area contributed by atoms with Gasteiger partial charge in [-0.05, 0) is 101 Å². The number of nitrogens with one attached hydrogen (secondary N) is 3. The Hall–Kier alpha value is -5.31. The maximum Gasteiger partial charge on any atom is 0.417 e. The Kier molecular flexibility index (Phi) is 12.8. The van der Waals surface area contributed by atoms with Gasteiger partial charge < -0.3 is 20.3 Å². The molecule has 3 N–H and O–H groups in total. The monoisotopic (exact) mass is 834 g/mol. The summed E-state index contributed by atoms with van der Waals surface area (Å²) in [5.74, 6) is -0.557. The molecule has 0 aromatic heterocycles. The van der Waals surface area contributed by atoms with Crippen LogP contribution in [0.4, 0.5) is 35.9 Å². The van der Waals surface area contributed by atoms with Gasteiger partial charge in [0, 0.05) is 61.4 Å². The third-order valence-corrected chi connectivity index (χ3v) is 11.7. The van der Waals surface area contributed by atoms with E-state index in [1.165, 1.54) is 11.0 Å². The van der Waals surface area contributed by atoms with Crippen LogP contribution in [-0.4, -0.2) is 95.4 Å². The highest BCUT2D eigenvalue weighted by atomic mass is 32.1. The lowest BCUT2D eigenvalue weighted by Gasteiger charge is -2.42. The Labute approximate surface area is 347 Å². The van der Waals surface area contributed by atoms with Crippen molar-refractivity contribution in [3.05, 3.63) is 77.4 Å². The summed E-state index contributed by atoms with van der Waals surface area (Å²) in [7, 11) is 0. The summed E-state index contributed by atoms with van der Waals surface area (Å²) < 4.78 is 47.7. The molecular weight excluding hydrogens is 786 g/mol. The topological polar surface area (TPSA) is 150 Å². The van der Waals surface area contributed by atoms with Crippen LogP contribution in [0.3, 0.4) is 0 Å². The minimum absolute atomic E-state index is 0.00990. The molecule has 4 amide bonds. The van der Waals surface area contributed by atoms with Crippen molar-refractivity contribution in [2.75, 3.05) is 53.2 Å². The zero-order valence-corrected chi connectivity index (χ0v) is 34.5. The van der Waals surface area contributed by atoms with Crippen LogP contribution in [0.5, 0.6) is 5.75 Å². The van der Waals surface area contributed by atoms with E-state index in [0.717, 1.165) is 30.8 Å². The average molecular weight is 835 g/mol. The average Bonchev–Trinajstić information content (AvgIpc) is 3.37. The molecule has 0 unspecified atom stereocenters. The largest absolute Gasteiger partial charge is 0.492 e. The van der Waals surface area contributed by atoms with Crippen LogP contribution < -0.4 is 30.5 Å². The number of thiol groups is 1. The van der Waals surface area contributed by atoms with E-state index >= 15 is 0 Å². The van der Waals surface area contributed by atoms with Crippen LogP contribution >= 0.6 is 12.6 Å². The second kappa shape index (κ2) is 17.5. The number of alkyl halides is 3. The molecule has 3 aromatic rings. The minimum atomic E-state index is -4.78. The van der Waals surface area contributed by atoms with Gasteiger partial charge in [-0.15, -0.1) is 12.6 Å². The summed E-state index contributed by atoms with van der Waals surface area (Å²) >= 11 is 4.73.